The Bertz CT molecular complexity index is 1080. The second-order valence-corrected chi connectivity index (χ2v) is 10.4. The number of nitrogens with zero attached hydrogens (tertiary/aromatic N) is 1. The Morgan fingerprint density at radius 2 is 1.67 bits per heavy atom. The Balaban J connectivity index is 1.59. The Morgan fingerprint density at radius 1 is 0.967 bits per heavy atom. The fraction of sp³-hybridized carbons (Fsp3) is 0.316. The highest BCUT2D eigenvalue weighted by Crippen LogP contribution is 2.17. The second kappa shape index (κ2) is 9.56. The van der Waals surface area contributed by atoms with E-state index in [-0.39, 0.29) is 28.4 Å². The van der Waals surface area contributed by atoms with E-state index in [1.54, 1.807) is 24.3 Å². The highest BCUT2D eigenvalue weighted by Gasteiger charge is 2.24. The minimum Gasteiger partial charge on any atom is -0.379 e. The summed E-state index contributed by atoms with van der Waals surface area (Å²) in [6, 6.07) is 13.9. The van der Waals surface area contributed by atoms with E-state index in [0.717, 1.165) is 0 Å². The molecule has 2 N–H and O–H groups in total. The molecule has 0 bridgehead atoms. The Labute approximate surface area is 176 Å². The van der Waals surface area contributed by atoms with Crippen LogP contribution in [0.4, 0.5) is 5.69 Å². The largest absolute Gasteiger partial charge is 0.379 e. The maximum absolute atomic E-state index is 12.4. The van der Waals surface area contributed by atoms with Crippen molar-refractivity contribution >= 4 is 31.6 Å². The molecule has 2 aromatic carbocycles. The number of morpholine rings is 1. The zero-order valence-corrected chi connectivity index (χ0v) is 17.8. The summed E-state index contributed by atoms with van der Waals surface area (Å²) < 4.78 is 58.4. The number of rotatable bonds is 8. The van der Waals surface area contributed by atoms with Gasteiger partial charge in [0.15, 0.2) is 0 Å². The van der Waals surface area contributed by atoms with Crippen LogP contribution in [0.1, 0.15) is 10.4 Å². The van der Waals surface area contributed by atoms with E-state index < -0.39 is 26.0 Å². The zero-order chi connectivity index (χ0) is 21.6. The first-order valence-electron chi connectivity index (χ1n) is 9.30. The smallest absolute Gasteiger partial charge is 0.261 e. The van der Waals surface area contributed by atoms with Crippen LogP contribution in [0.15, 0.2) is 59.5 Å². The summed E-state index contributed by atoms with van der Waals surface area (Å²) in [6.07, 6.45) is 0. The summed E-state index contributed by atoms with van der Waals surface area (Å²) in [7, 11) is -7.26. The van der Waals surface area contributed by atoms with Crippen molar-refractivity contribution in [3.63, 3.8) is 0 Å². The summed E-state index contributed by atoms with van der Waals surface area (Å²) in [5.74, 6) is -0.716. The molecule has 1 heterocycles. The second-order valence-electron chi connectivity index (χ2n) is 6.58. The molecule has 2 aromatic rings. The lowest BCUT2D eigenvalue weighted by Crippen LogP contribution is -2.43. The first-order chi connectivity index (χ1) is 14.3. The van der Waals surface area contributed by atoms with Crippen LogP contribution in [0.25, 0.3) is 0 Å². The van der Waals surface area contributed by atoms with Crippen LogP contribution in [0.3, 0.4) is 0 Å². The lowest BCUT2D eigenvalue weighted by Gasteiger charge is -2.26. The molecule has 162 valence electrons. The van der Waals surface area contributed by atoms with E-state index in [4.69, 9.17) is 4.74 Å². The van der Waals surface area contributed by atoms with Crippen LogP contribution in [0, 0.1) is 0 Å². The maximum Gasteiger partial charge on any atom is 0.261 e. The highest BCUT2D eigenvalue weighted by molar-refractivity contribution is 7.92. The normalized spacial score (nSPS) is 15.5. The molecule has 0 aromatic heterocycles. The number of amides is 1. The molecule has 1 aliphatic rings. The molecule has 0 saturated carbocycles. The number of ether oxygens (including phenoxy) is 1. The van der Waals surface area contributed by atoms with E-state index in [0.29, 0.717) is 26.3 Å². The van der Waals surface area contributed by atoms with Gasteiger partial charge in [0, 0.05) is 30.9 Å². The van der Waals surface area contributed by atoms with E-state index in [9.17, 15) is 21.6 Å². The molecule has 1 saturated heterocycles. The minimum atomic E-state index is -3.78. The van der Waals surface area contributed by atoms with Gasteiger partial charge in [-0.1, -0.05) is 24.3 Å². The SMILES string of the molecule is O=C(NCCS(=O)(=O)N1CCOCC1)c1cccc(NS(=O)(=O)c2ccccc2)c1. The van der Waals surface area contributed by atoms with Gasteiger partial charge in [0.05, 0.1) is 23.9 Å². The van der Waals surface area contributed by atoms with Gasteiger partial charge in [-0.2, -0.15) is 4.31 Å². The van der Waals surface area contributed by atoms with Crippen molar-refractivity contribution in [3.05, 3.63) is 60.2 Å². The minimum absolute atomic E-state index is 0.0570. The molecule has 30 heavy (non-hydrogen) atoms. The third-order valence-electron chi connectivity index (χ3n) is 4.44. The third-order valence-corrected chi connectivity index (χ3v) is 7.71. The first kappa shape index (κ1) is 22.2. The van der Waals surface area contributed by atoms with Gasteiger partial charge in [-0.25, -0.2) is 16.8 Å². The molecule has 9 nitrogen and oxygen atoms in total. The van der Waals surface area contributed by atoms with Crippen LogP contribution in [-0.4, -0.2) is 65.6 Å². The lowest BCUT2D eigenvalue weighted by molar-refractivity contribution is 0.0730. The number of hydrogen-bond donors (Lipinski definition) is 2. The number of carbonyl (C=O) groups is 1. The summed E-state index contributed by atoms with van der Waals surface area (Å²) in [4.78, 5) is 12.5. The van der Waals surface area contributed by atoms with Gasteiger partial charge in [0.2, 0.25) is 10.0 Å². The molecule has 1 aliphatic heterocycles. The molecule has 0 atom stereocenters. The Morgan fingerprint density at radius 3 is 2.37 bits per heavy atom. The molecule has 0 aliphatic carbocycles. The molecule has 1 amide bonds. The number of anilines is 1. The van der Waals surface area contributed by atoms with Crippen LogP contribution in [0.5, 0.6) is 0 Å². The monoisotopic (exact) mass is 453 g/mol. The molecule has 0 spiro atoms. The van der Waals surface area contributed by atoms with Gasteiger partial charge in [0.25, 0.3) is 15.9 Å². The first-order valence-corrected chi connectivity index (χ1v) is 12.4. The molecular formula is C19H23N3O6S2. The fourth-order valence-corrected chi connectivity index (χ4v) is 5.28. The van der Waals surface area contributed by atoms with Crippen LogP contribution in [0.2, 0.25) is 0 Å². The van der Waals surface area contributed by atoms with Gasteiger partial charge >= 0.3 is 0 Å². The highest BCUT2D eigenvalue weighted by atomic mass is 32.2. The standard InChI is InChI=1S/C19H23N3O6S2/c23-19(20-9-14-29(24,25)22-10-12-28-13-11-22)16-5-4-6-17(15-16)21-30(26,27)18-7-2-1-3-8-18/h1-8,15,21H,9-14H2,(H,20,23). The zero-order valence-electron chi connectivity index (χ0n) is 16.2. The molecule has 11 heteroatoms. The predicted octanol–water partition coefficient (Wildman–Crippen LogP) is 0.879. The van der Waals surface area contributed by atoms with Crippen molar-refractivity contribution in [2.24, 2.45) is 0 Å². The summed E-state index contributed by atoms with van der Waals surface area (Å²) in [5.41, 5.74) is 0.444. The van der Waals surface area contributed by atoms with Crippen LogP contribution < -0.4 is 10.0 Å². The number of benzene rings is 2. The summed E-state index contributed by atoms with van der Waals surface area (Å²) in [5, 5.41) is 2.56. The van der Waals surface area contributed by atoms with E-state index in [1.165, 1.54) is 34.6 Å². The molecule has 0 unspecified atom stereocenters. The van der Waals surface area contributed by atoms with Crippen molar-refractivity contribution in [2.75, 3.05) is 43.3 Å². The quantitative estimate of drug-likeness (QED) is 0.612. The number of sulfonamides is 2. The predicted molar refractivity (Wildman–Crippen MR) is 112 cm³/mol. The Hall–Kier alpha value is -2.47. The topological polar surface area (TPSA) is 122 Å². The van der Waals surface area contributed by atoms with Gasteiger partial charge in [-0.05, 0) is 30.3 Å². The fourth-order valence-electron chi connectivity index (χ4n) is 2.89. The number of nitrogens with one attached hydrogen (secondary N) is 2. The Kier molecular flexibility index (Phi) is 7.08. The van der Waals surface area contributed by atoms with E-state index in [1.807, 2.05) is 0 Å². The molecule has 1 fully saturated rings. The summed E-state index contributed by atoms with van der Waals surface area (Å²) in [6.45, 7) is 1.27. The average molecular weight is 454 g/mol. The van der Waals surface area contributed by atoms with E-state index in [2.05, 4.69) is 10.0 Å². The average Bonchev–Trinajstić information content (AvgIpc) is 2.75. The van der Waals surface area contributed by atoms with Crippen molar-refractivity contribution in [1.82, 2.24) is 9.62 Å². The third kappa shape index (κ3) is 5.79. The van der Waals surface area contributed by atoms with Gasteiger partial charge < -0.3 is 10.1 Å². The van der Waals surface area contributed by atoms with Gasteiger partial charge in [0.1, 0.15) is 0 Å². The molecular weight excluding hydrogens is 430 g/mol. The van der Waals surface area contributed by atoms with Crippen LogP contribution in [-0.2, 0) is 24.8 Å². The van der Waals surface area contributed by atoms with Crippen molar-refractivity contribution in [3.8, 4) is 0 Å². The van der Waals surface area contributed by atoms with Crippen molar-refractivity contribution < 1.29 is 26.4 Å². The summed E-state index contributed by atoms with van der Waals surface area (Å²) >= 11 is 0. The van der Waals surface area contributed by atoms with E-state index >= 15 is 0 Å². The van der Waals surface area contributed by atoms with Crippen LogP contribution >= 0.6 is 0 Å². The lowest BCUT2D eigenvalue weighted by atomic mass is 10.2. The van der Waals surface area contributed by atoms with Gasteiger partial charge in [-0.3, -0.25) is 9.52 Å². The van der Waals surface area contributed by atoms with Crippen molar-refractivity contribution in [1.29, 1.82) is 0 Å². The number of carbonyl (C=O) groups excluding carboxylic acids is 1. The maximum atomic E-state index is 12.4. The molecule has 3 rings (SSSR count). The number of hydrogen-bond acceptors (Lipinski definition) is 6. The van der Waals surface area contributed by atoms with Crippen molar-refractivity contribution in [2.45, 2.75) is 4.90 Å². The van der Waals surface area contributed by atoms with Gasteiger partial charge in [-0.15, -0.1) is 0 Å². The molecule has 0 radical (unpaired) electrons.